The number of piperidine rings is 1. The van der Waals surface area contributed by atoms with Gasteiger partial charge in [-0.25, -0.2) is 0 Å². The second kappa shape index (κ2) is 8.85. The Morgan fingerprint density at radius 2 is 1.93 bits per heavy atom. The van der Waals surface area contributed by atoms with Gasteiger partial charge in [-0.2, -0.15) is 0 Å². The van der Waals surface area contributed by atoms with E-state index in [1.165, 1.54) is 5.56 Å². The third-order valence-corrected chi connectivity index (χ3v) is 6.00. The first-order valence-corrected chi connectivity index (χ1v) is 9.99. The SMILES string of the molecule is NC[C@H](O)CC(=O)N1CCC2(CC1)CC(=O)N(CCCc1ccccc1)C2. The van der Waals surface area contributed by atoms with Crippen LogP contribution in [0.1, 0.15) is 37.7 Å². The standard InChI is InChI=1S/C21H31N3O3/c22-15-18(25)13-19(26)23-11-8-21(9-12-23)14-20(27)24(16-21)10-4-7-17-5-2-1-3-6-17/h1-3,5-6,18,25H,4,7-16,22H2/t18-/m1/s1. The zero-order valence-corrected chi connectivity index (χ0v) is 16.0. The fourth-order valence-electron chi connectivity index (χ4n) is 4.28. The van der Waals surface area contributed by atoms with Gasteiger partial charge in [-0.1, -0.05) is 30.3 Å². The molecule has 2 aliphatic rings. The van der Waals surface area contributed by atoms with Crippen LogP contribution >= 0.6 is 0 Å². The third-order valence-electron chi connectivity index (χ3n) is 6.00. The molecule has 0 radical (unpaired) electrons. The van der Waals surface area contributed by atoms with E-state index in [4.69, 9.17) is 5.73 Å². The van der Waals surface area contributed by atoms with E-state index in [1.54, 1.807) is 0 Å². The highest BCUT2D eigenvalue weighted by molar-refractivity contribution is 5.80. The van der Waals surface area contributed by atoms with Crippen LogP contribution in [0, 0.1) is 5.41 Å². The Hall–Kier alpha value is -1.92. The molecule has 6 nitrogen and oxygen atoms in total. The molecule has 148 valence electrons. The van der Waals surface area contributed by atoms with Crippen molar-refractivity contribution >= 4 is 11.8 Å². The highest BCUT2D eigenvalue weighted by Crippen LogP contribution is 2.41. The summed E-state index contributed by atoms with van der Waals surface area (Å²) in [5.41, 5.74) is 6.72. The first-order valence-electron chi connectivity index (χ1n) is 9.99. The lowest BCUT2D eigenvalue weighted by Crippen LogP contribution is -2.45. The number of aliphatic hydroxyl groups is 1. The highest BCUT2D eigenvalue weighted by Gasteiger charge is 2.45. The molecule has 2 aliphatic heterocycles. The molecule has 0 unspecified atom stereocenters. The van der Waals surface area contributed by atoms with E-state index >= 15 is 0 Å². The first-order chi connectivity index (χ1) is 13.0. The Morgan fingerprint density at radius 1 is 1.22 bits per heavy atom. The second-order valence-corrected chi connectivity index (χ2v) is 8.06. The molecule has 0 aromatic heterocycles. The van der Waals surface area contributed by atoms with E-state index in [9.17, 15) is 14.7 Å². The number of hydrogen-bond donors (Lipinski definition) is 2. The number of hydrogen-bond acceptors (Lipinski definition) is 4. The lowest BCUT2D eigenvalue weighted by atomic mass is 9.77. The monoisotopic (exact) mass is 373 g/mol. The van der Waals surface area contributed by atoms with E-state index in [0.717, 1.165) is 38.8 Å². The van der Waals surface area contributed by atoms with E-state index in [-0.39, 0.29) is 30.2 Å². The maximum Gasteiger partial charge on any atom is 0.225 e. The van der Waals surface area contributed by atoms with Gasteiger partial charge in [0.05, 0.1) is 12.5 Å². The molecule has 2 amide bonds. The minimum atomic E-state index is -0.762. The molecule has 27 heavy (non-hydrogen) atoms. The molecule has 2 heterocycles. The second-order valence-electron chi connectivity index (χ2n) is 8.06. The number of likely N-dealkylation sites (tertiary alicyclic amines) is 2. The summed E-state index contributed by atoms with van der Waals surface area (Å²) >= 11 is 0. The minimum Gasteiger partial charge on any atom is -0.391 e. The molecule has 0 aliphatic carbocycles. The highest BCUT2D eigenvalue weighted by atomic mass is 16.3. The van der Waals surface area contributed by atoms with E-state index in [2.05, 4.69) is 12.1 Å². The summed E-state index contributed by atoms with van der Waals surface area (Å²) in [6.07, 6.45) is 3.62. The minimum absolute atomic E-state index is 0.0209. The Bertz CT molecular complexity index is 641. The largest absolute Gasteiger partial charge is 0.391 e. The number of amides is 2. The summed E-state index contributed by atoms with van der Waals surface area (Å²) < 4.78 is 0. The van der Waals surface area contributed by atoms with Gasteiger partial charge in [0.1, 0.15) is 0 Å². The van der Waals surface area contributed by atoms with Crippen LogP contribution in [0.15, 0.2) is 30.3 Å². The molecular formula is C21H31N3O3. The van der Waals surface area contributed by atoms with Gasteiger partial charge in [0.15, 0.2) is 0 Å². The predicted molar refractivity (Wildman–Crippen MR) is 104 cm³/mol. The number of nitrogens with two attached hydrogens (primary N) is 1. The third kappa shape index (κ3) is 5.08. The Labute approximate surface area is 161 Å². The zero-order chi connectivity index (χ0) is 19.3. The van der Waals surface area contributed by atoms with Crippen molar-refractivity contribution in [2.45, 2.75) is 44.6 Å². The summed E-state index contributed by atoms with van der Waals surface area (Å²) in [7, 11) is 0. The fraction of sp³-hybridized carbons (Fsp3) is 0.619. The molecule has 0 saturated carbocycles. The van der Waals surface area contributed by atoms with E-state index < -0.39 is 6.10 Å². The van der Waals surface area contributed by atoms with Crippen LogP contribution in [0.4, 0.5) is 0 Å². The quantitative estimate of drug-likeness (QED) is 0.751. The smallest absolute Gasteiger partial charge is 0.225 e. The van der Waals surface area contributed by atoms with Crippen molar-refractivity contribution in [1.29, 1.82) is 0 Å². The van der Waals surface area contributed by atoms with Gasteiger partial charge in [-0.15, -0.1) is 0 Å². The lowest BCUT2D eigenvalue weighted by Gasteiger charge is -2.39. The summed E-state index contributed by atoms with van der Waals surface area (Å²) in [4.78, 5) is 28.5. The van der Waals surface area contributed by atoms with Crippen LogP contribution in [0.2, 0.25) is 0 Å². The van der Waals surface area contributed by atoms with Gasteiger partial charge >= 0.3 is 0 Å². The molecule has 3 rings (SSSR count). The zero-order valence-electron chi connectivity index (χ0n) is 16.0. The van der Waals surface area contributed by atoms with E-state index in [1.807, 2.05) is 28.0 Å². The molecule has 1 aromatic rings. The van der Waals surface area contributed by atoms with Gasteiger partial charge in [0.25, 0.3) is 0 Å². The van der Waals surface area contributed by atoms with Crippen molar-refractivity contribution in [3.63, 3.8) is 0 Å². The van der Waals surface area contributed by atoms with Crippen LogP contribution in [0.5, 0.6) is 0 Å². The number of aliphatic hydroxyl groups excluding tert-OH is 1. The molecule has 1 aromatic carbocycles. The van der Waals surface area contributed by atoms with Gasteiger partial charge in [-0.05, 0) is 31.2 Å². The molecule has 1 spiro atoms. The predicted octanol–water partition coefficient (Wildman–Crippen LogP) is 1.17. The number of carbonyl (C=O) groups excluding carboxylic acids is 2. The van der Waals surface area contributed by atoms with Crippen molar-refractivity contribution in [1.82, 2.24) is 9.80 Å². The summed E-state index contributed by atoms with van der Waals surface area (Å²) in [6, 6.07) is 10.4. The topological polar surface area (TPSA) is 86.9 Å². The van der Waals surface area contributed by atoms with Crippen LogP contribution in [0.25, 0.3) is 0 Å². The van der Waals surface area contributed by atoms with Gasteiger partial charge in [0.2, 0.25) is 11.8 Å². The maximum absolute atomic E-state index is 12.5. The van der Waals surface area contributed by atoms with E-state index in [0.29, 0.717) is 19.5 Å². The number of benzene rings is 1. The summed E-state index contributed by atoms with van der Waals surface area (Å²) in [5.74, 6) is 0.216. The van der Waals surface area contributed by atoms with Crippen LogP contribution in [-0.2, 0) is 16.0 Å². The lowest BCUT2D eigenvalue weighted by molar-refractivity contribution is -0.135. The van der Waals surface area contributed by atoms with Crippen molar-refractivity contribution in [3.05, 3.63) is 35.9 Å². The number of aryl methyl sites for hydroxylation is 1. The molecule has 2 saturated heterocycles. The average Bonchev–Trinajstić information content (AvgIpc) is 2.98. The molecule has 1 atom stereocenters. The molecular weight excluding hydrogens is 342 g/mol. The Kier molecular flexibility index (Phi) is 6.50. The van der Waals surface area contributed by atoms with Crippen molar-refractivity contribution in [2.24, 2.45) is 11.1 Å². The van der Waals surface area contributed by atoms with Crippen molar-refractivity contribution < 1.29 is 14.7 Å². The van der Waals surface area contributed by atoms with Crippen LogP contribution < -0.4 is 5.73 Å². The average molecular weight is 373 g/mol. The molecule has 0 bridgehead atoms. The van der Waals surface area contributed by atoms with Gasteiger partial charge in [0, 0.05) is 44.6 Å². The molecule has 2 fully saturated rings. The van der Waals surface area contributed by atoms with Crippen molar-refractivity contribution in [3.8, 4) is 0 Å². The molecule has 3 N–H and O–H groups in total. The number of nitrogens with zero attached hydrogens (tertiary/aromatic N) is 2. The Morgan fingerprint density at radius 3 is 2.59 bits per heavy atom. The molecule has 6 heteroatoms. The van der Waals surface area contributed by atoms with Crippen molar-refractivity contribution in [2.75, 3.05) is 32.7 Å². The number of carbonyl (C=O) groups is 2. The summed E-state index contributed by atoms with van der Waals surface area (Å²) in [6.45, 7) is 3.06. The van der Waals surface area contributed by atoms with Crippen LogP contribution in [0.3, 0.4) is 0 Å². The summed E-state index contributed by atoms with van der Waals surface area (Å²) in [5, 5.41) is 9.57. The maximum atomic E-state index is 12.5. The van der Waals surface area contributed by atoms with Crippen LogP contribution in [-0.4, -0.2) is 65.5 Å². The Balaban J connectivity index is 1.45. The van der Waals surface area contributed by atoms with Gasteiger partial charge < -0.3 is 20.6 Å². The van der Waals surface area contributed by atoms with Gasteiger partial charge in [-0.3, -0.25) is 9.59 Å². The fourth-order valence-corrected chi connectivity index (χ4v) is 4.28. The number of rotatable bonds is 7. The normalized spacial score (nSPS) is 20.3. The first kappa shape index (κ1) is 19.8.